The fraction of sp³-hybridized carbons (Fsp3) is 0.357. The van der Waals surface area contributed by atoms with Gasteiger partial charge in [0, 0.05) is 36.6 Å². The Labute approximate surface area is 107 Å². The number of anilines is 1. The number of hydrogen-bond donors (Lipinski definition) is 2. The van der Waals surface area contributed by atoms with Gasteiger partial charge in [0.15, 0.2) is 0 Å². The van der Waals surface area contributed by atoms with Crippen LogP contribution in [0.5, 0.6) is 5.75 Å². The summed E-state index contributed by atoms with van der Waals surface area (Å²) in [5.41, 5.74) is 4.93. The molecule has 0 atom stereocenters. The van der Waals surface area contributed by atoms with Crippen molar-refractivity contribution in [2.24, 2.45) is 7.05 Å². The highest BCUT2D eigenvalue weighted by molar-refractivity contribution is 5.59. The number of aryl methyl sites for hydroxylation is 3. The van der Waals surface area contributed by atoms with E-state index in [0.717, 1.165) is 28.1 Å². The van der Waals surface area contributed by atoms with Gasteiger partial charge >= 0.3 is 0 Å². The summed E-state index contributed by atoms with van der Waals surface area (Å²) >= 11 is 0. The van der Waals surface area contributed by atoms with E-state index < -0.39 is 0 Å². The van der Waals surface area contributed by atoms with Gasteiger partial charge in [-0.3, -0.25) is 4.68 Å². The largest absolute Gasteiger partial charge is 0.507 e. The molecule has 0 bridgehead atoms. The number of hydrogen-bond acceptors (Lipinski definition) is 3. The molecule has 4 heteroatoms. The zero-order valence-corrected chi connectivity index (χ0v) is 11.3. The lowest BCUT2D eigenvalue weighted by Gasteiger charge is -2.11. The number of rotatable bonds is 3. The minimum atomic E-state index is 0.364. The first-order valence-electron chi connectivity index (χ1n) is 6.01. The fourth-order valence-corrected chi connectivity index (χ4v) is 2.04. The standard InChI is InChI=1S/C14H19N3O/c1-9-5-6-13(10(2)14(9)18)15-7-12-8-17(4)16-11(12)3/h5-6,8,15,18H,7H2,1-4H3. The van der Waals surface area contributed by atoms with Crippen LogP contribution in [0.1, 0.15) is 22.4 Å². The molecule has 0 saturated carbocycles. The highest BCUT2D eigenvalue weighted by Gasteiger charge is 2.07. The molecule has 2 rings (SSSR count). The monoisotopic (exact) mass is 245 g/mol. The minimum absolute atomic E-state index is 0.364. The lowest BCUT2D eigenvalue weighted by Crippen LogP contribution is -2.02. The van der Waals surface area contributed by atoms with Crippen molar-refractivity contribution in [3.8, 4) is 5.75 Å². The van der Waals surface area contributed by atoms with Gasteiger partial charge in [0.1, 0.15) is 5.75 Å². The van der Waals surface area contributed by atoms with E-state index in [0.29, 0.717) is 12.3 Å². The lowest BCUT2D eigenvalue weighted by molar-refractivity contribution is 0.467. The molecule has 18 heavy (non-hydrogen) atoms. The second kappa shape index (κ2) is 4.72. The second-order valence-electron chi connectivity index (χ2n) is 4.67. The molecule has 2 N–H and O–H groups in total. The van der Waals surface area contributed by atoms with Crippen molar-refractivity contribution in [1.82, 2.24) is 9.78 Å². The number of phenolic OH excluding ortho intramolecular Hbond substituents is 1. The van der Waals surface area contributed by atoms with E-state index >= 15 is 0 Å². The SMILES string of the molecule is Cc1ccc(NCc2cn(C)nc2C)c(C)c1O. The Balaban J connectivity index is 2.16. The van der Waals surface area contributed by atoms with Gasteiger partial charge in [-0.05, 0) is 32.4 Å². The molecule has 1 heterocycles. The topological polar surface area (TPSA) is 50.1 Å². The number of benzene rings is 1. The molecule has 1 aromatic heterocycles. The van der Waals surface area contributed by atoms with Gasteiger partial charge in [0.2, 0.25) is 0 Å². The van der Waals surface area contributed by atoms with Gasteiger partial charge in [0.05, 0.1) is 5.69 Å². The summed E-state index contributed by atoms with van der Waals surface area (Å²) in [6, 6.07) is 3.91. The van der Waals surface area contributed by atoms with Crippen molar-refractivity contribution in [2.45, 2.75) is 27.3 Å². The summed E-state index contributed by atoms with van der Waals surface area (Å²) in [7, 11) is 1.92. The first kappa shape index (κ1) is 12.5. The van der Waals surface area contributed by atoms with Crippen LogP contribution in [0.25, 0.3) is 0 Å². The molecule has 2 aromatic rings. The van der Waals surface area contributed by atoms with E-state index in [-0.39, 0.29) is 0 Å². The number of phenols is 1. The summed E-state index contributed by atoms with van der Waals surface area (Å²) in [5, 5.41) is 17.5. The lowest BCUT2D eigenvalue weighted by atomic mass is 10.1. The molecule has 0 aliphatic rings. The first-order valence-corrected chi connectivity index (χ1v) is 6.01. The molecule has 4 nitrogen and oxygen atoms in total. The van der Waals surface area contributed by atoms with Crippen LogP contribution in [0.2, 0.25) is 0 Å². The molecule has 96 valence electrons. The number of aromatic nitrogens is 2. The van der Waals surface area contributed by atoms with Crippen molar-refractivity contribution in [3.63, 3.8) is 0 Å². The predicted molar refractivity (Wildman–Crippen MR) is 72.9 cm³/mol. The molecule has 0 radical (unpaired) electrons. The van der Waals surface area contributed by atoms with Crippen LogP contribution in [-0.2, 0) is 13.6 Å². The molecule has 1 aromatic carbocycles. The third-order valence-corrected chi connectivity index (χ3v) is 3.22. The van der Waals surface area contributed by atoms with Crippen LogP contribution < -0.4 is 5.32 Å². The number of nitrogens with one attached hydrogen (secondary N) is 1. The van der Waals surface area contributed by atoms with Crippen LogP contribution >= 0.6 is 0 Å². The third kappa shape index (κ3) is 2.32. The average Bonchev–Trinajstić information content (AvgIpc) is 2.64. The van der Waals surface area contributed by atoms with E-state index in [9.17, 15) is 5.11 Å². The predicted octanol–water partition coefficient (Wildman–Crippen LogP) is 2.66. The Morgan fingerprint density at radius 3 is 2.61 bits per heavy atom. The van der Waals surface area contributed by atoms with Crippen LogP contribution in [0.4, 0.5) is 5.69 Å². The van der Waals surface area contributed by atoms with Crippen LogP contribution in [0, 0.1) is 20.8 Å². The van der Waals surface area contributed by atoms with Gasteiger partial charge in [-0.15, -0.1) is 0 Å². The van der Waals surface area contributed by atoms with Gasteiger partial charge in [-0.1, -0.05) is 6.07 Å². The van der Waals surface area contributed by atoms with Gasteiger partial charge in [-0.2, -0.15) is 5.10 Å². The maximum absolute atomic E-state index is 9.89. The fourth-order valence-electron chi connectivity index (χ4n) is 2.04. The third-order valence-electron chi connectivity index (χ3n) is 3.22. The zero-order valence-electron chi connectivity index (χ0n) is 11.3. The van der Waals surface area contributed by atoms with Gasteiger partial charge < -0.3 is 10.4 Å². The number of aromatic hydroxyl groups is 1. The Morgan fingerprint density at radius 2 is 2.00 bits per heavy atom. The molecule has 0 aliphatic carbocycles. The zero-order chi connectivity index (χ0) is 13.3. The van der Waals surface area contributed by atoms with E-state index in [1.165, 1.54) is 0 Å². The summed E-state index contributed by atoms with van der Waals surface area (Å²) in [6.45, 7) is 6.53. The Bertz CT molecular complexity index is 573. The molecule has 0 amide bonds. The van der Waals surface area contributed by atoms with E-state index in [1.54, 1.807) is 0 Å². The quantitative estimate of drug-likeness (QED) is 0.874. The average molecular weight is 245 g/mol. The van der Waals surface area contributed by atoms with Crippen molar-refractivity contribution in [3.05, 3.63) is 40.7 Å². The molecule has 0 fully saturated rings. The van der Waals surface area contributed by atoms with Gasteiger partial charge in [-0.25, -0.2) is 0 Å². The molecule has 0 saturated heterocycles. The Hall–Kier alpha value is -1.97. The van der Waals surface area contributed by atoms with E-state index in [4.69, 9.17) is 0 Å². The van der Waals surface area contributed by atoms with Crippen molar-refractivity contribution in [1.29, 1.82) is 0 Å². The smallest absolute Gasteiger partial charge is 0.123 e. The minimum Gasteiger partial charge on any atom is -0.507 e. The summed E-state index contributed by atoms with van der Waals surface area (Å²) < 4.78 is 1.81. The highest BCUT2D eigenvalue weighted by Crippen LogP contribution is 2.28. The first-order chi connectivity index (χ1) is 8.49. The van der Waals surface area contributed by atoms with E-state index in [1.807, 2.05) is 50.8 Å². The maximum atomic E-state index is 9.89. The van der Waals surface area contributed by atoms with Gasteiger partial charge in [0.25, 0.3) is 0 Å². The highest BCUT2D eigenvalue weighted by atomic mass is 16.3. The van der Waals surface area contributed by atoms with Crippen LogP contribution in [0.3, 0.4) is 0 Å². The van der Waals surface area contributed by atoms with Crippen molar-refractivity contribution < 1.29 is 5.11 Å². The second-order valence-corrected chi connectivity index (χ2v) is 4.67. The maximum Gasteiger partial charge on any atom is 0.123 e. The molecule has 0 spiro atoms. The molecular formula is C14H19N3O. The molecular weight excluding hydrogens is 226 g/mol. The molecule has 0 aliphatic heterocycles. The van der Waals surface area contributed by atoms with Crippen LogP contribution in [-0.4, -0.2) is 14.9 Å². The normalized spacial score (nSPS) is 10.7. The Morgan fingerprint density at radius 1 is 1.28 bits per heavy atom. The van der Waals surface area contributed by atoms with E-state index in [2.05, 4.69) is 10.4 Å². The molecule has 0 unspecified atom stereocenters. The summed E-state index contributed by atoms with van der Waals surface area (Å²) in [5.74, 6) is 0.364. The summed E-state index contributed by atoms with van der Waals surface area (Å²) in [6.07, 6.45) is 2.01. The summed E-state index contributed by atoms with van der Waals surface area (Å²) in [4.78, 5) is 0. The number of nitrogens with zero attached hydrogens (tertiary/aromatic N) is 2. The van der Waals surface area contributed by atoms with Crippen molar-refractivity contribution >= 4 is 5.69 Å². The van der Waals surface area contributed by atoms with Crippen molar-refractivity contribution in [2.75, 3.05) is 5.32 Å². The Kier molecular flexibility index (Phi) is 3.28. The van der Waals surface area contributed by atoms with Crippen LogP contribution in [0.15, 0.2) is 18.3 Å².